The molecule has 2 N–H and O–H groups in total. The van der Waals surface area contributed by atoms with Crippen LogP contribution < -0.4 is 5.73 Å². The zero-order valence-electron chi connectivity index (χ0n) is 15.6. The second-order valence-corrected chi connectivity index (χ2v) is 7.24. The Kier molecular flexibility index (Phi) is 10.1. The largest absolute Gasteiger partial charge is 0.379 e. The molecule has 1 aliphatic rings. The first-order chi connectivity index (χ1) is 11.6. The lowest BCUT2D eigenvalue weighted by molar-refractivity contribution is -0.119. The number of morpholine rings is 1. The van der Waals surface area contributed by atoms with Crippen molar-refractivity contribution in [3.8, 4) is 0 Å². The maximum atomic E-state index is 11.9. The van der Waals surface area contributed by atoms with Crippen LogP contribution in [0.1, 0.15) is 50.2 Å². The van der Waals surface area contributed by atoms with Crippen molar-refractivity contribution in [1.29, 1.82) is 0 Å². The Balaban J connectivity index is 0.00000312. The topological polar surface area (TPSA) is 55.6 Å². The maximum absolute atomic E-state index is 11.9. The predicted octanol–water partition coefficient (Wildman–Crippen LogP) is 3.38. The number of nitrogens with two attached hydrogens (primary N) is 1. The van der Waals surface area contributed by atoms with Crippen LogP contribution in [-0.4, -0.2) is 43.7 Å². The van der Waals surface area contributed by atoms with Crippen molar-refractivity contribution >= 4 is 18.3 Å². The Morgan fingerprint density at radius 3 is 2.36 bits per heavy atom. The van der Waals surface area contributed by atoms with E-state index in [2.05, 4.69) is 43.0 Å². The third kappa shape index (κ3) is 7.76. The number of unbranched alkanes of at least 4 members (excludes halogenated alkanes) is 1. The summed E-state index contributed by atoms with van der Waals surface area (Å²) in [7, 11) is 0. The number of carbonyl (C=O) groups is 1. The van der Waals surface area contributed by atoms with Gasteiger partial charge in [0.05, 0.1) is 19.1 Å². The number of benzene rings is 1. The Hall–Kier alpha value is -1.10. The van der Waals surface area contributed by atoms with E-state index in [9.17, 15) is 4.79 Å². The Labute approximate surface area is 158 Å². The minimum Gasteiger partial charge on any atom is -0.379 e. The first kappa shape index (κ1) is 21.9. The smallest absolute Gasteiger partial charge is 0.224 e. The molecule has 1 amide bonds. The Morgan fingerprint density at radius 1 is 1.16 bits per heavy atom. The number of ether oxygens (including phenoxy) is 1. The van der Waals surface area contributed by atoms with Gasteiger partial charge in [0.1, 0.15) is 0 Å². The lowest BCUT2D eigenvalue weighted by Crippen LogP contribution is -2.36. The maximum Gasteiger partial charge on any atom is 0.224 e. The van der Waals surface area contributed by atoms with Gasteiger partial charge in [-0.05, 0) is 42.9 Å². The van der Waals surface area contributed by atoms with Gasteiger partial charge in [-0.2, -0.15) is 0 Å². The number of rotatable bonds is 9. The molecule has 4 nitrogen and oxygen atoms in total. The van der Waals surface area contributed by atoms with Gasteiger partial charge in [0, 0.05) is 13.1 Å². The van der Waals surface area contributed by atoms with Crippen LogP contribution in [0.15, 0.2) is 24.3 Å². The highest BCUT2D eigenvalue weighted by atomic mass is 35.5. The first-order valence-corrected chi connectivity index (χ1v) is 9.24. The van der Waals surface area contributed by atoms with E-state index < -0.39 is 0 Å². The van der Waals surface area contributed by atoms with Gasteiger partial charge in [-0.25, -0.2) is 0 Å². The second-order valence-electron chi connectivity index (χ2n) is 7.24. The molecule has 1 fully saturated rings. The summed E-state index contributed by atoms with van der Waals surface area (Å²) in [4.78, 5) is 14.3. The summed E-state index contributed by atoms with van der Waals surface area (Å²) in [5.74, 6) is 0.267. The van der Waals surface area contributed by atoms with Crippen molar-refractivity contribution in [2.24, 2.45) is 11.7 Å². The molecular formula is C20H33ClN2O2. The molecule has 1 aromatic rings. The van der Waals surface area contributed by atoms with E-state index in [1.165, 1.54) is 5.56 Å². The summed E-state index contributed by atoms with van der Waals surface area (Å²) in [5, 5.41) is 0. The third-order valence-electron chi connectivity index (χ3n) is 4.69. The molecule has 0 aliphatic carbocycles. The van der Waals surface area contributed by atoms with Crippen LogP contribution in [-0.2, 0) is 16.0 Å². The predicted molar refractivity (Wildman–Crippen MR) is 105 cm³/mol. The molecule has 1 aliphatic heterocycles. The molecule has 1 saturated heterocycles. The SMILES string of the molecule is CC(C)Cc1ccc([C@@H](CCCCN2CCOCC2)C(N)=O)cc1.Cl. The van der Waals surface area contributed by atoms with Crippen molar-refractivity contribution in [3.63, 3.8) is 0 Å². The molecule has 25 heavy (non-hydrogen) atoms. The summed E-state index contributed by atoms with van der Waals surface area (Å²) in [6.07, 6.45) is 4.04. The highest BCUT2D eigenvalue weighted by Crippen LogP contribution is 2.23. The van der Waals surface area contributed by atoms with E-state index in [0.717, 1.165) is 64.1 Å². The van der Waals surface area contributed by atoms with E-state index in [4.69, 9.17) is 10.5 Å². The van der Waals surface area contributed by atoms with Gasteiger partial charge in [0.15, 0.2) is 0 Å². The molecule has 2 rings (SSSR count). The average molecular weight is 369 g/mol. The molecule has 0 aromatic heterocycles. The lowest BCUT2D eigenvalue weighted by atomic mass is 9.91. The van der Waals surface area contributed by atoms with Crippen LogP contribution in [0.2, 0.25) is 0 Å². The molecule has 0 bridgehead atoms. The van der Waals surface area contributed by atoms with Gasteiger partial charge >= 0.3 is 0 Å². The summed E-state index contributed by atoms with van der Waals surface area (Å²) < 4.78 is 5.36. The van der Waals surface area contributed by atoms with Gasteiger partial charge < -0.3 is 10.5 Å². The highest BCUT2D eigenvalue weighted by molar-refractivity contribution is 5.85. The quantitative estimate of drug-likeness (QED) is 0.680. The van der Waals surface area contributed by atoms with Crippen molar-refractivity contribution in [2.45, 2.75) is 45.4 Å². The Bertz CT molecular complexity index is 499. The van der Waals surface area contributed by atoms with Crippen LogP contribution in [0.4, 0.5) is 0 Å². The van der Waals surface area contributed by atoms with Crippen molar-refractivity contribution in [2.75, 3.05) is 32.8 Å². The number of primary amides is 1. The molecule has 0 spiro atoms. The number of amides is 1. The molecule has 1 heterocycles. The van der Waals surface area contributed by atoms with Crippen LogP contribution in [0.3, 0.4) is 0 Å². The molecule has 5 heteroatoms. The summed E-state index contributed by atoms with van der Waals surface area (Å²) in [6, 6.07) is 8.43. The van der Waals surface area contributed by atoms with E-state index in [0.29, 0.717) is 5.92 Å². The van der Waals surface area contributed by atoms with Crippen LogP contribution in [0.5, 0.6) is 0 Å². The van der Waals surface area contributed by atoms with Gasteiger partial charge in [0.25, 0.3) is 0 Å². The highest BCUT2D eigenvalue weighted by Gasteiger charge is 2.18. The molecule has 142 valence electrons. The number of hydrogen-bond acceptors (Lipinski definition) is 3. The van der Waals surface area contributed by atoms with Crippen LogP contribution in [0, 0.1) is 5.92 Å². The first-order valence-electron chi connectivity index (χ1n) is 9.24. The standard InChI is InChI=1S/C20H32N2O2.ClH/c1-16(2)15-17-6-8-18(9-7-17)19(20(21)23)5-3-4-10-22-11-13-24-14-12-22;/h6-9,16,19H,3-5,10-15H2,1-2H3,(H2,21,23);1H/t19-;/m1./s1. The summed E-state index contributed by atoms with van der Waals surface area (Å²) in [5.41, 5.74) is 8.03. The van der Waals surface area contributed by atoms with Crippen molar-refractivity contribution < 1.29 is 9.53 Å². The average Bonchev–Trinajstić information content (AvgIpc) is 2.56. The van der Waals surface area contributed by atoms with Crippen molar-refractivity contribution in [3.05, 3.63) is 35.4 Å². The van der Waals surface area contributed by atoms with Gasteiger partial charge in [0.2, 0.25) is 5.91 Å². The molecule has 1 aromatic carbocycles. The lowest BCUT2D eigenvalue weighted by Gasteiger charge is -2.26. The number of halogens is 1. The van der Waals surface area contributed by atoms with Gasteiger partial charge in [-0.15, -0.1) is 12.4 Å². The zero-order chi connectivity index (χ0) is 17.4. The fraction of sp³-hybridized carbons (Fsp3) is 0.650. The third-order valence-corrected chi connectivity index (χ3v) is 4.69. The number of nitrogens with zero attached hydrogens (tertiary/aromatic N) is 1. The number of hydrogen-bond donors (Lipinski definition) is 1. The van der Waals surface area contributed by atoms with E-state index in [1.807, 2.05) is 0 Å². The molecular weight excluding hydrogens is 336 g/mol. The fourth-order valence-electron chi connectivity index (χ4n) is 3.34. The van der Waals surface area contributed by atoms with Crippen LogP contribution >= 0.6 is 12.4 Å². The van der Waals surface area contributed by atoms with Gasteiger partial charge in [-0.1, -0.05) is 44.5 Å². The van der Waals surface area contributed by atoms with E-state index >= 15 is 0 Å². The fourth-order valence-corrected chi connectivity index (χ4v) is 3.34. The van der Waals surface area contributed by atoms with Crippen molar-refractivity contribution in [1.82, 2.24) is 4.90 Å². The normalized spacial score (nSPS) is 16.4. The second kappa shape index (κ2) is 11.5. The van der Waals surface area contributed by atoms with E-state index in [1.54, 1.807) is 0 Å². The van der Waals surface area contributed by atoms with Gasteiger partial charge in [-0.3, -0.25) is 9.69 Å². The van der Waals surface area contributed by atoms with Crippen LogP contribution in [0.25, 0.3) is 0 Å². The molecule has 0 radical (unpaired) electrons. The molecule has 0 saturated carbocycles. The Morgan fingerprint density at radius 2 is 1.80 bits per heavy atom. The minimum atomic E-state index is -0.210. The zero-order valence-corrected chi connectivity index (χ0v) is 16.4. The minimum absolute atomic E-state index is 0. The number of carbonyl (C=O) groups excluding carboxylic acids is 1. The molecule has 0 unspecified atom stereocenters. The van der Waals surface area contributed by atoms with E-state index in [-0.39, 0.29) is 24.2 Å². The summed E-state index contributed by atoms with van der Waals surface area (Å²) in [6.45, 7) is 9.25. The summed E-state index contributed by atoms with van der Waals surface area (Å²) >= 11 is 0. The monoisotopic (exact) mass is 368 g/mol. The molecule has 1 atom stereocenters.